The number of aromatic amines is 1. The number of nitrogens with one attached hydrogen (secondary N) is 3. The standard InChI is InChI=1S/C20H25N9S/c1-12-9-16(28-27-12)24-18-17-19(30-11-22-17)26-20(25-18)23-13-3-4-14-5-6-15(10-13)29(14)8-2-7-21/h9,11,13-15H,2-6,8,10H2,1H3,(H3,23,24,25,26,27,28)/t13-,14?,15+/m1/s1. The molecule has 0 saturated carbocycles. The van der Waals surface area contributed by atoms with Crippen molar-refractivity contribution in [2.45, 2.75) is 63.6 Å². The van der Waals surface area contributed by atoms with Crippen molar-refractivity contribution in [3.63, 3.8) is 0 Å². The van der Waals surface area contributed by atoms with E-state index in [-0.39, 0.29) is 0 Å². The molecule has 3 aromatic rings. The number of aromatic nitrogens is 5. The van der Waals surface area contributed by atoms with E-state index in [2.05, 4.69) is 36.8 Å². The van der Waals surface area contributed by atoms with Gasteiger partial charge in [-0.2, -0.15) is 15.3 Å². The minimum Gasteiger partial charge on any atom is -0.351 e. The van der Waals surface area contributed by atoms with Gasteiger partial charge in [-0.25, -0.2) is 9.97 Å². The molecular formula is C20H25N9S. The molecular weight excluding hydrogens is 398 g/mol. The maximum absolute atomic E-state index is 8.99. The van der Waals surface area contributed by atoms with Crippen molar-refractivity contribution in [3.8, 4) is 6.07 Å². The SMILES string of the molecule is Cc1cc(Nc2nc(N[C@@H]3CCC4CC[C@@H](C3)N4CCC#N)nc3scnc23)n[nH]1. The van der Waals surface area contributed by atoms with E-state index in [1.807, 2.05) is 13.0 Å². The largest absolute Gasteiger partial charge is 0.351 e. The van der Waals surface area contributed by atoms with Crippen molar-refractivity contribution < 1.29 is 0 Å². The van der Waals surface area contributed by atoms with Gasteiger partial charge in [0.05, 0.1) is 11.6 Å². The van der Waals surface area contributed by atoms with Gasteiger partial charge in [-0.15, -0.1) is 11.3 Å². The molecule has 0 aromatic carbocycles. The van der Waals surface area contributed by atoms with Crippen LogP contribution in [0, 0.1) is 18.3 Å². The van der Waals surface area contributed by atoms with Gasteiger partial charge in [0.25, 0.3) is 0 Å². The molecule has 3 N–H and O–H groups in total. The lowest BCUT2D eigenvalue weighted by molar-refractivity contribution is 0.198. The number of hydrogen-bond acceptors (Lipinski definition) is 9. The Hall–Kier alpha value is -2.77. The second-order valence-corrected chi connectivity index (χ2v) is 8.98. The fourth-order valence-corrected chi connectivity index (χ4v) is 5.45. The third-order valence-corrected chi connectivity index (χ3v) is 6.86. The van der Waals surface area contributed by atoms with E-state index in [1.54, 1.807) is 5.51 Å². The van der Waals surface area contributed by atoms with Gasteiger partial charge in [-0.05, 0) is 39.0 Å². The lowest BCUT2D eigenvalue weighted by atomic mass is 9.97. The highest BCUT2D eigenvalue weighted by molar-refractivity contribution is 7.16. The Labute approximate surface area is 178 Å². The summed E-state index contributed by atoms with van der Waals surface area (Å²) in [6.07, 6.45) is 6.39. The molecule has 5 rings (SSSR count). The first-order valence-corrected chi connectivity index (χ1v) is 11.4. The molecule has 30 heavy (non-hydrogen) atoms. The molecule has 2 bridgehead atoms. The van der Waals surface area contributed by atoms with Crippen LogP contribution in [0.4, 0.5) is 17.6 Å². The Kier molecular flexibility index (Phi) is 5.23. The number of rotatable bonds is 6. The van der Waals surface area contributed by atoms with Crippen LogP contribution in [0.5, 0.6) is 0 Å². The molecule has 2 aliphatic heterocycles. The predicted molar refractivity (Wildman–Crippen MR) is 117 cm³/mol. The second kappa shape index (κ2) is 8.16. The first-order chi connectivity index (χ1) is 14.7. The van der Waals surface area contributed by atoms with Crippen molar-refractivity contribution in [3.05, 3.63) is 17.3 Å². The Morgan fingerprint density at radius 2 is 2.13 bits per heavy atom. The maximum atomic E-state index is 8.99. The van der Waals surface area contributed by atoms with Crippen LogP contribution in [-0.4, -0.2) is 54.7 Å². The van der Waals surface area contributed by atoms with E-state index < -0.39 is 0 Å². The fourth-order valence-electron chi connectivity index (χ4n) is 4.79. The first-order valence-electron chi connectivity index (χ1n) is 10.5. The number of hydrogen-bond donors (Lipinski definition) is 3. The minimum absolute atomic E-state index is 0.329. The van der Waals surface area contributed by atoms with Crippen LogP contribution in [0.1, 0.15) is 44.2 Å². The smallest absolute Gasteiger partial charge is 0.226 e. The van der Waals surface area contributed by atoms with Gasteiger partial charge in [-0.1, -0.05) is 0 Å². The lowest BCUT2D eigenvalue weighted by Gasteiger charge is -2.27. The normalized spacial score (nSPS) is 23.9. The number of thiazole rings is 1. The number of fused-ring (bicyclic) bond motifs is 3. The highest BCUT2D eigenvalue weighted by Gasteiger charge is 2.37. The summed E-state index contributed by atoms with van der Waals surface area (Å²) in [5.41, 5.74) is 3.53. The third-order valence-electron chi connectivity index (χ3n) is 6.14. The molecule has 0 amide bonds. The van der Waals surface area contributed by atoms with E-state index in [1.165, 1.54) is 24.2 Å². The van der Waals surface area contributed by atoms with Gasteiger partial charge in [0, 0.05) is 42.9 Å². The summed E-state index contributed by atoms with van der Waals surface area (Å²) in [5, 5.41) is 23.0. The summed E-state index contributed by atoms with van der Waals surface area (Å²) in [6.45, 7) is 2.85. The Balaban J connectivity index is 1.35. The van der Waals surface area contributed by atoms with Crippen LogP contribution in [0.2, 0.25) is 0 Å². The van der Waals surface area contributed by atoms with Gasteiger partial charge in [0.2, 0.25) is 5.95 Å². The number of nitriles is 1. The maximum Gasteiger partial charge on any atom is 0.226 e. The molecule has 0 radical (unpaired) electrons. The van der Waals surface area contributed by atoms with E-state index >= 15 is 0 Å². The zero-order valence-electron chi connectivity index (χ0n) is 16.9. The molecule has 2 fully saturated rings. The van der Waals surface area contributed by atoms with Crippen LogP contribution < -0.4 is 10.6 Å². The number of aryl methyl sites for hydroxylation is 1. The number of nitrogens with zero attached hydrogens (tertiary/aromatic N) is 6. The molecule has 0 spiro atoms. The van der Waals surface area contributed by atoms with E-state index in [9.17, 15) is 0 Å². The third kappa shape index (κ3) is 3.82. The van der Waals surface area contributed by atoms with Crippen LogP contribution in [0.3, 0.4) is 0 Å². The number of anilines is 3. The topological polar surface area (TPSA) is 118 Å². The van der Waals surface area contributed by atoms with E-state index in [0.717, 1.165) is 41.8 Å². The van der Waals surface area contributed by atoms with Crippen LogP contribution in [0.25, 0.3) is 10.3 Å². The number of H-pyrrole nitrogens is 1. The van der Waals surface area contributed by atoms with E-state index in [0.29, 0.717) is 42.1 Å². The van der Waals surface area contributed by atoms with Gasteiger partial charge < -0.3 is 10.6 Å². The summed E-state index contributed by atoms with van der Waals surface area (Å²) < 4.78 is 0. The van der Waals surface area contributed by atoms with Gasteiger partial charge >= 0.3 is 0 Å². The fraction of sp³-hybridized carbons (Fsp3) is 0.550. The molecule has 3 atom stereocenters. The summed E-state index contributed by atoms with van der Waals surface area (Å²) in [4.78, 5) is 17.3. The summed E-state index contributed by atoms with van der Waals surface area (Å²) >= 11 is 1.51. The van der Waals surface area contributed by atoms with E-state index in [4.69, 9.17) is 15.2 Å². The Morgan fingerprint density at radius 3 is 2.97 bits per heavy atom. The average Bonchev–Trinajstić information content (AvgIpc) is 3.41. The van der Waals surface area contributed by atoms with Crippen molar-refractivity contribution in [2.75, 3.05) is 17.2 Å². The minimum atomic E-state index is 0.329. The lowest BCUT2D eigenvalue weighted by Crippen LogP contribution is -2.36. The van der Waals surface area contributed by atoms with Crippen molar-refractivity contribution in [1.82, 2.24) is 30.0 Å². The average molecular weight is 424 g/mol. The predicted octanol–water partition coefficient (Wildman–Crippen LogP) is 3.57. The molecule has 9 nitrogen and oxygen atoms in total. The molecule has 5 heterocycles. The van der Waals surface area contributed by atoms with Crippen LogP contribution >= 0.6 is 11.3 Å². The highest BCUT2D eigenvalue weighted by Crippen LogP contribution is 2.35. The van der Waals surface area contributed by atoms with Gasteiger partial charge in [0.15, 0.2) is 16.5 Å². The van der Waals surface area contributed by atoms with Crippen molar-refractivity contribution in [1.29, 1.82) is 5.26 Å². The van der Waals surface area contributed by atoms with Gasteiger partial charge in [-0.3, -0.25) is 10.00 Å². The summed E-state index contributed by atoms with van der Waals surface area (Å²) in [6, 6.07) is 5.72. The quantitative estimate of drug-likeness (QED) is 0.551. The van der Waals surface area contributed by atoms with Crippen molar-refractivity contribution in [2.24, 2.45) is 0 Å². The van der Waals surface area contributed by atoms with Crippen LogP contribution in [-0.2, 0) is 0 Å². The second-order valence-electron chi connectivity index (χ2n) is 8.15. The molecule has 0 aliphatic carbocycles. The Morgan fingerprint density at radius 1 is 1.27 bits per heavy atom. The molecule has 2 aliphatic rings. The van der Waals surface area contributed by atoms with Crippen LogP contribution in [0.15, 0.2) is 11.6 Å². The molecule has 3 aromatic heterocycles. The zero-order chi connectivity index (χ0) is 20.5. The molecule has 156 valence electrons. The molecule has 10 heteroatoms. The van der Waals surface area contributed by atoms with Crippen molar-refractivity contribution >= 4 is 39.3 Å². The molecule has 1 unspecified atom stereocenters. The summed E-state index contributed by atoms with van der Waals surface area (Å²) in [5.74, 6) is 2.01. The highest BCUT2D eigenvalue weighted by atomic mass is 32.1. The van der Waals surface area contributed by atoms with Gasteiger partial charge in [0.1, 0.15) is 5.52 Å². The first kappa shape index (κ1) is 19.2. The molecule has 2 saturated heterocycles. The Bertz CT molecular complexity index is 1070. The zero-order valence-corrected chi connectivity index (χ0v) is 17.7. The monoisotopic (exact) mass is 423 g/mol. The summed E-state index contributed by atoms with van der Waals surface area (Å²) in [7, 11) is 0.